The summed E-state index contributed by atoms with van der Waals surface area (Å²) >= 11 is 1.43. The molecule has 0 spiro atoms. The molecule has 0 unspecified atom stereocenters. The summed E-state index contributed by atoms with van der Waals surface area (Å²) in [6.07, 6.45) is 3.66. The Morgan fingerprint density at radius 2 is 1.90 bits per heavy atom. The van der Waals surface area contributed by atoms with Gasteiger partial charge in [0, 0.05) is 32.1 Å². The number of anilines is 1. The SMILES string of the molecule is CC(C)(C)OC(=O)N(CCc1nc2ccccc2[nH]1)CCc1nc2c(NCc3ncccc3F)ncnc2s1. The number of hydrogen-bond donors (Lipinski definition) is 2. The first-order valence-corrected chi connectivity index (χ1v) is 13.4. The monoisotopic (exact) mass is 548 g/mol. The van der Waals surface area contributed by atoms with Crippen molar-refractivity contribution in [2.75, 3.05) is 18.4 Å². The number of amides is 1. The summed E-state index contributed by atoms with van der Waals surface area (Å²) in [4.78, 5) is 40.8. The molecule has 4 heterocycles. The maximum absolute atomic E-state index is 14.0. The van der Waals surface area contributed by atoms with Gasteiger partial charge < -0.3 is 19.9 Å². The van der Waals surface area contributed by atoms with Crippen LogP contribution in [0.5, 0.6) is 0 Å². The van der Waals surface area contributed by atoms with E-state index in [-0.39, 0.29) is 24.1 Å². The molecule has 0 aliphatic heterocycles. The molecule has 5 aromatic rings. The van der Waals surface area contributed by atoms with Gasteiger partial charge >= 0.3 is 6.09 Å². The Balaban J connectivity index is 1.28. The summed E-state index contributed by atoms with van der Waals surface area (Å²) in [5.41, 5.74) is 2.12. The molecule has 0 saturated heterocycles. The van der Waals surface area contributed by atoms with Gasteiger partial charge in [-0.2, -0.15) is 0 Å². The molecular formula is C27H29FN8O2S. The van der Waals surface area contributed by atoms with Crippen molar-refractivity contribution in [2.45, 2.75) is 45.8 Å². The summed E-state index contributed by atoms with van der Waals surface area (Å²) in [5.74, 6) is 0.917. The molecule has 12 heteroatoms. The number of hydrogen-bond acceptors (Lipinski definition) is 9. The van der Waals surface area contributed by atoms with Crippen LogP contribution in [0.4, 0.5) is 15.0 Å². The number of halogens is 1. The van der Waals surface area contributed by atoms with Crippen molar-refractivity contribution in [3.05, 3.63) is 71.3 Å². The van der Waals surface area contributed by atoms with Gasteiger partial charge in [0.25, 0.3) is 0 Å². The van der Waals surface area contributed by atoms with Gasteiger partial charge in [-0.3, -0.25) is 4.98 Å². The van der Waals surface area contributed by atoms with Crippen LogP contribution in [0.25, 0.3) is 21.4 Å². The second-order valence-electron chi connectivity index (χ2n) is 9.94. The molecule has 0 aliphatic rings. The van der Waals surface area contributed by atoms with Crippen LogP contribution < -0.4 is 5.32 Å². The Bertz CT molecular complexity index is 1560. The number of nitrogens with one attached hydrogen (secondary N) is 2. The minimum Gasteiger partial charge on any atom is -0.444 e. The number of benzene rings is 1. The number of carbonyl (C=O) groups is 1. The van der Waals surface area contributed by atoms with E-state index in [1.165, 1.54) is 23.7 Å². The fraction of sp³-hybridized carbons (Fsp3) is 0.333. The number of ether oxygens (including phenoxy) is 1. The summed E-state index contributed by atoms with van der Waals surface area (Å²) in [7, 11) is 0. The third-order valence-corrected chi connectivity index (χ3v) is 6.83. The summed E-state index contributed by atoms with van der Waals surface area (Å²) in [5, 5.41) is 3.91. The lowest BCUT2D eigenvalue weighted by molar-refractivity contribution is 0.0253. The van der Waals surface area contributed by atoms with Crippen molar-refractivity contribution >= 4 is 44.6 Å². The van der Waals surface area contributed by atoms with Gasteiger partial charge in [0.2, 0.25) is 0 Å². The van der Waals surface area contributed by atoms with E-state index < -0.39 is 5.60 Å². The molecule has 1 aromatic carbocycles. The van der Waals surface area contributed by atoms with E-state index >= 15 is 0 Å². The minimum atomic E-state index is -0.617. The summed E-state index contributed by atoms with van der Waals surface area (Å²) in [6, 6.07) is 10.7. The Kier molecular flexibility index (Phi) is 7.64. The molecule has 0 atom stereocenters. The Morgan fingerprint density at radius 3 is 2.69 bits per heavy atom. The highest BCUT2D eigenvalue weighted by molar-refractivity contribution is 7.18. The van der Waals surface area contributed by atoms with Gasteiger partial charge in [-0.05, 0) is 45.0 Å². The first-order chi connectivity index (χ1) is 18.7. The number of para-hydroxylation sites is 2. The van der Waals surface area contributed by atoms with Crippen molar-refractivity contribution in [1.29, 1.82) is 0 Å². The van der Waals surface area contributed by atoms with E-state index in [4.69, 9.17) is 9.72 Å². The number of rotatable bonds is 9. The van der Waals surface area contributed by atoms with Crippen LogP contribution in [-0.2, 0) is 24.1 Å². The molecule has 0 fully saturated rings. The topological polar surface area (TPSA) is 122 Å². The minimum absolute atomic E-state index is 0.167. The fourth-order valence-electron chi connectivity index (χ4n) is 3.97. The summed E-state index contributed by atoms with van der Waals surface area (Å²) < 4.78 is 19.7. The number of aromatic amines is 1. The van der Waals surface area contributed by atoms with E-state index in [9.17, 15) is 9.18 Å². The number of fused-ring (bicyclic) bond motifs is 2. The maximum Gasteiger partial charge on any atom is 0.410 e. The van der Waals surface area contributed by atoms with E-state index in [0.717, 1.165) is 21.9 Å². The molecule has 2 N–H and O–H groups in total. The molecule has 10 nitrogen and oxygen atoms in total. The Hall–Kier alpha value is -4.19. The number of carbonyl (C=O) groups excluding carboxylic acids is 1. The number of thiazole rings is 1. The molecule has 0 saturated carbocycles. The lowest BCUT2D eigenvalue weighted by Gasteiger charge is -2.27. The van der Waals surface area contributed by atoms with Crippen LogP contribution in [-0.4, -0.2) is 59.6 Å². The third-order valence-electron chi connectivity index (χ3n) is 5.80. The zero-order valence-electron chi connectivity index (χ0n) is 21.9. The Labute approximate surface area is 228 Å². The van der Waals surface area contributed by atoms with E-state index in [2.05, 4.69) is 30.2 Å². The Morgan fingerprint density at radius 1 is 1.08 bits per heavy atom. The number of H-pyrrole nitrogens is 1. The normalized spacial score (nSPS) is 11.7. The van der Waals surface area contributed by atoms with Crippen molar-refractivity contribution in [1.82, 2.24) is 34.8 Å². The summed E-state index contributed by atoms with van der Waals surface area (Å²) in [6.45, 7) is 6.55. The predicted octanol–water partition coefficient (Wildman–Crippen LogP) is 5.13. The van der Waals surface area contributed by atoms with Crippen LogP contribution >= 0.6 is 11.3 Å². The quantitative estimate of drug-likeness (QED) is 0.260. The second kappa shape index (κ2) is 11.3. The highest BCUT2D eigenvalue weighted by Crippen LogP contribution is 2.26. The third kappa shape index (κ3) is 6.63. The molecular weight excluding hydrogens is 519 g/mol. The molecule has 39 heavy (non-hydrogen) atoms. The number of aromatic nitrogens is 6. The van der Waals surface area contributed by atoms with Gasteiger partial charge in [0.15, 0.2) is 5.82 Å². The molecule has 0 bridgehead atoms. The van der Waals surface area contributed by atoms with Crippen LogP contribution in [0.1, 0.15) is 37.3 Å². The van der Waals surface area contributed by atoms with E-state index in [1.807, 2.05) is 45.0 Å². The van der Waals surface area contributed by atoms with Crippen LogP contribution in [0.15, 0.2) is 48.9 Å². The van der Waals surface area contributed by atoms with Gasteiger partial charge in [-0.15, -0.1) is 0 Å². The van der Waals surface area contributed by atoms with Crippen LogP contribution in [0.3, 0.4) is 0 Å². The van der Waals surface area contributed by atoms with Crippen LogP contribution in [0.2, 0.25) is 0 Å². The molecule has 202 valence electrons. The predicted molar refractivity (Wildman–Crippen MR) is 148 cm³/mol. The van der Waals surface area contributed by atoms with Crippen molar-refractivity contribution in [2.24, 2.45) is 0 Å². The highest BCUT2D eigenvalue weighted by atomic mass is 32.1. The lowest BCUT2D eigenvalue weighted by Crippen LogP contribution is -2.39. The van der Waals surface area contributed by atoms with E-state index in [0.29, 0.717) is 42.1 Å². The van der Waals surface area contributed by atoms with Gasteiger partial charge in [0.1, 0.15) is 33.9 Å². The fourth-order valence-corrected chi connectivity index (χ4v) is 4.86. The molecule has 4 aromatic heterocycles. The highest BCUT2D eigenvalue weighted by Gasteiger charge is 2.23. The standard InChI is InChI=1S/C27H29FN8O2S/c1-27(2,3)38-26(37)36(13-10-21-33-18-8-4-5-9-19(18)34-21)14-11-22-35-23-24(31-16-32-25(23)39-22)30-15-20-17(28)7-6-12-29-20/h4-9,12,16H,10-11,13-15H2,1-3H3,(H,33,34)(H,30,31,32). The molecule has 0 radical (unpaired) electrons. The van der Waals surface area contributed by atoms with Crippen molar-refractivity contribution in [3.63, 3.8) is 0 Å². The second-order valence-corrected chi connectivity index (χ2v) is 11.0. The van der Waals surface area contributed by atoms with Crippen molar-refractivity contribution in [3.8, 4) is 0 Å². The largest absolute Gasteiger partial charge is 0.444 e. The number of imidazole rings is 1. The first-order valence-electron chi connectivity index (χ1n) is 12.6. The van der Waals surface area contributed by atoms with Gasteiger partial charge in [-0.1, -0.05) is 23.5 Å². The number of pyridine rings is 1. The number of nitrogens with zero attached hydrogens (tertiary/aromatic N) is 6. The smallest absolute Gasteiger partial charge is 0.410 e. The molecule has 0 aliphatic carbocycles. The van der Waals surface area contributed by atoms with Gasteiger partial charge in [0.05, 0.1) is 28.3 Å². The average molecular weight is 549 g/mol. The molecule has 1 amide bonds. The van der Waals surface area contributed by atoms with Gasteiger partial charge in [-0.25, -0.2) is 29.1 Å². The van der Waals surface area contributed by atoms with E-state index in [1.54, 1.807) is 17.2 Å². The molecule has 5 rings (SSSR count). The van der Waals surface area contributed by atoms with Crippen molar-refractivity contribution < 1.29 is 13.9 Å². The zero-order valence-corrected chi connectivity index (χ0v) is 22.8. The maximum atomic E-state index is 14.0. The first kappa shape index (κ1) is 26.4. The zero-order chi connectivity index (χ0) is 27.4. The average Bonchev–Trinajstić information content (AvgIpc) is 3.51. The lowest BCUT2D eigenvalue weighted by atomic mass is 10.2. The van der Waals surface area contributed by atoms with Crippen LogP contribution in [0, 0.1) is 5.82 Å².